The van der Waals surface area contributed by atoms with Crippen molar-refractivity contribution in [3.05, 3.63) is 29.3 Å². The van der Waals surface area contributed by atoms with Crippen molar-refractivity contribution in [2.24, 2.45) is 0 Å². The first-order chi connectivity index (χ1) is 9.20. The Morgan fingerprint density at radius 2 is 2.26 bits per heavy atom. The van der Waals surface area contributed by atoms with Crippen molar-refractivity contribution >= 4 is 5.91 Å². The number of ether oxygens (including phenoxy) is 1. The molecule has 19 heavy (non-hydrogen) atoms. The van der Waals surface area contributed by atoms with E-state index in [1.807, 2.05) is 25.1 Å². The summed E-state index contributed by atoms with van der Waals surface area (Å²) in [5.74, 6) is 0.582. The second-order valence-corrected chi connectivity index (χ2v) is 5.07. The fourth-order valence-corrected chi connectivity index (χ4v) is 2.40. The van der Waals surface area contributed by atoms with Gasteiger partial charge in [0, 0.05) is 12.6 Å². The average molecular weight is 262 g/mol. The first-order valence-corrected chi connectivity index (χ1v) is 6.87. The molecule has 1 atom stereocenters. The number of methoxy groups -OCH3 is 1. The fraction of sp³-hybridized carbons (Fsp3) is 0.533. The van der Waals surface area contributed by atoms with Crippen LogP contribution < -0.4 is 15.4 Å². The van der Waals surface area contributed by atoms with Crippen LogP contribution in [0.15, 0.2) is 18.2 Å². The van der Waals surface area contributed by atoms with Gasteiger partial charge in [-0.25, -0.2) is 0 Å². The van der Waals surface area contributed by atoms with E-state index in [0.29, 0.717) is 11.3 Å². The predicted octanol–water partition coefficient (Wildman–Crippen LogP) is 1.88. The second kappa shape index (κ2) is 6.57. The van der Waals surface area contributed by atoms with Gasteiger partial charge in [0.05, 0.1) is 12.7 Å². The van der Waals surface area contributed by atoms with Crippen LogP contribution in [0.1, 0.15) is 35.2 Å². The molecule has 4 nitrogen and oxygen atoms in total. The van der Waals surface area contributed by atoms with Gasteiger partial charge in [0.1, 0.15) is 5.75 Å². The van der Waals surface area contributed by atoms with Gasteiger partial charge in [-0.1, -0.05) is 18.1 Å². The number of hydrogen-bond acceptors (Lipinski definition) is 3. The Hall–Kier alpha value is -1.55. The Kier molecular flexibility index (Phi) is 4.80. The quantitative estimate of drug-likeness (QED) is 0.874. The molecular formula is C15H22N2O2. The van der Waals surface area contributed by atoms with E-state index in [-0.39, 0.29) is 11.9 Å². The van der Waals surface area contributed by atoms with Gasteiger partial charge in [0.2, 0.25) is 0 Å². The molecule has 1 heterocycles. The van der Waals surface area contributed by atoms with Crippen molar-refractivity contribution in [1.29, 1.82) is 0 Å². The van der Waals surface area contributed by atoms with Crippen LogP contribution in [-0.4, -0.2) is 32.1 Å². The molecule has 1 unspecified atom stereocenters. The van der Waals surface area contributed by atoms with Crippen LogP contribution >= 0.6 is 0 Å². The van der Waals surface area contributed by atoms with Crippen molar-refractivity contribution in [1.82, 2.24) is 10.6 Å². The zero-order valence-electron chi connectivity index (χ0n) is 11.7. The van der Waals surface area contributed by atoms with Crippen LogP contribution in [0, 0.1) is 6.92 Å². The van der Waals surface area contributed by atoms with Crippen LogP contribution in [0.25, 0.3) is 0 Å². The highest BCUT2D eigenvalue weighted by atomic mass is 16.5. The molecule has 0 spiro atoms. The van der Waals surface area contributed by atoms with E-state index in [0.717, 1.165) is 31.5 Å². The zero-order chi connectivity index (χ0) is 13.7. The lowest BCUT2D eigenvalue weighted by atomic mass is 10.1. The van der Waals surface area contributed by atoms with E-state index >= 15 is 0 Å². The van der Waals surface area contributed by atoms with Crippen molar-refractivity contribution in [2.75, 3.05) is 20.2 Å². The summed E-state index contributed by atoms with van der Waals surface area (Å²) < 4.78 is 5.26. The number of aryl methyl sites for hydroxylation is 1. The van der Waals surface area contributed by atoms with Crippen LogP contribution in [-0.2, 0) is 0 Å². The number of benzene rings is 1. The molecule has 1 fully saturated rings. The van der Waals surface area contributed by atoms with Crippen LogP contribution in [0.3, 0.4) is 0 Å². The Morgan fingerprint density at radius 1 is 1.42 bits per heavy atom. The molecule has 0 aliphatic carbocycles. The summed E-state index contributed by atoms with van der Waals surface area (Å²) in [7, 11) is 1.59. The lowest BCUT2D eigenvalue weighted by Crippen LogP contribution is -2.40. The standard InChI is InChI=1S/C15H22N2O2/c1-11-6-7-14(19-2)13(9-11)15(18)17-12-5-3-4-8-16-10-12/h6-7,9,12,16H,3-5,8,10H2,1-2H3,(H,17,18). The minimum Gasteiger partial charge on any atom is -0.496 e. The smallest absolute Gasteiger partial charge is 0.255 e. The molecule has 2 N–H and O–H groups in total. The third kappa shape index (κ3) is 3.70. The molecule has 1 aromatic carbocycles. The second-order valence-electron chi connectivity index (χ2n) is 5.07. The topological polar surface area (TPSA) is 50.4 Å². The first-order valence-electron chi connectivity index (χ1n) is 6.87. The van der Waals surface area contributed by atoms with E-state index < -0.39 is 0 Å². The highest BCUT2D eigenvalue weighted by molar-refractivity contribution is 5.97. The van der Waals surface area contributed by atoms with Crippen molar-refractivity contribution in [3.63, 3.8) is 0 Å². The van der Waals surface area contributed by atoms with Gasteiger partial charge >= 0.3 is 0 Å². The summed E-state index contributed by atoms with van der Waals surface area (Å²) in [5, 5.41) is 6.44. The molecule has 1 saturated heterocycles. The summed E-state index contributed by atoms with van der Waals surface area (Å²) in [6.07, 6.45) is 3.37. The highest BCUT2D eigenvalue weighted by Crippen LogP contribution is 2.20. The molecule has 0 saturated carbocycles. The largest absolute Gasteiger partial charge is 0.496 e. The molecule has 1 aliphatic heterocycles. The van der Waals surface area contributed by atoms with E-state index in [1.54, 1.807) is 7.11 Å². The van der Waals surface area contributed by atoms with Gasteiger partial charge in [-0.15, -0.1) is 0 Å². The minimum absolute atomic E-state index is 0.0470. The molecular weight excluding hydrogens is 240 g/mol. The Labute approximate surface area is 114 Å². The monoisotopic (exact) mass is 262 g/mol. The molecule has 1 aromatic rings. The summed E-state index contributed by atoms with van der Waals surface area (Å²) in [5.41, 5.74) is 1.68. The maximum atomic E-state index is 12.3. The summed E-state index contributed by atoms with van der Waals surface area (Å²) in [6.45, 7) is 3.86. The van der Waals surface area contributed by atoms with Gasteiger partial charge in [-0.3, -0.25) is 4.79 Å². The molecule has 0 bridgehead atoms. The fourth-order valence-electron chi connectivity index (χ4n) is 2.40. The Balaban J connectivity index is 2.08. The normalized spacial score (nSPS) is 19.6. The van der Waals surface area contributed by atoms with Crippen molar-refractivity contribution in [2.45, 2.75) is 32.2 Å². The Bertz CT molecular complexity index is 438. The van der Waals surface area contributed by atoms with Crippen LogP contribution in [0.5, 0.6) is 5.75 Å². The van der Waals surface area contributed by atoms with Gasteiger partial charge in [-0.05, 0) is 38.4 Å². The minimum atomic E-state index is -0.0470. The first kappa shape index (κ1) is 13.9. The average Bonchev–Trinajstić information content (AvgIpc) is 2.67. The van der Waals surface area contributed by atoms with E-state index in [4.69, 9.17) is 4.74 Å². The molecule has 1 amide bonds. The molecule has 104 valence electrons. The van der Waals surface area contributed by atoms with Crippen molar-refractivity contribution in [3.8, 4) is 5.75 Å². The number of rotatable bonds is 3. The SMILES string of the molecule is COc1ccc(C)cc1C(=O)NC1CCCCNC1. The maximum Gasteiger partial charge on any atom is 0.255 e. The number of amides is 1. The summed E-state index contributed by atoms with van der Waals surface area (Å²) >= 11 is 0. The van der Waals surface area contributed by atoms with E-state index in [9.17, 15) is 4.79 Å². The maximum absolute atomic E-state index is 12.3. The third-order valence-electron chi connectivity index (χ3n) is 3.48. The van der Waals surface area contributed by atoms with E-state index in [1.165, 1.54) is 6.42 Å². The van der Waals surface area contributed by atoms with Crippen LogP contribution in [0.4, 0.5) is 0 Å². The lowest BCUT2D eigenvalue weighted by molar-refractivity contribution is 0.0932. The summed E-state index contributed by atoms with van der Waals surface area (Å²) in [6, 6.07) is 5.87. The van der Waals surface area contributed by atoms with E-state index in [2.05, 4.69) is 10.6 Å². The lowest BCUT2D eigenvalue weighted by Gasteiger charge is -2.17. The molecule has 1 aliphatic rings. The molecule has 2 rings (SSSR count). The third-order valence-corrected chi connectivity index (χ3v) is 3.48. The highest BCUT2D eigenvalue weighted by Gasteiger charge is 2.18. The zero-order valence-corrected chi connectivity index (χ0v) is 11.7. The molecule has 0 aromatic heterocycles. The predicted molar refractivity (Wildman–Crippen MR) is 75.7 cm³/mol. The molecule has 0 radical (unpaired) electrons. The van der Waals surface area contributed by atoms with Gasteiger partial charge in [-0.2, -0.15) is 0 Å². The number of carbonyl (C=O) groups excluding carboxylic acids is 1. The van der Waals surface area contributed by atoms with Gasteiger partial charge in [0.15, 0.2) is 0 Å². The van der Waals surface area contributed by atoms with Crippen molar-refractivity contribution < 1.29 is 9.53 Å². The number of carbonyl (C=O) groups is 1. The van der Waals surface area contributed by atoms with Gasteiger partial charge in [0.25, 0.3) is 5.91 Å². The molecule has 4 heteroatoms. The number of nitrogens with one attached hydrogen (secondary N) is 2. The number of hydrogen-bond donors (Lipinski definition) is 2. The summed E-state index contributed by atoms with van der Waals surface area (Å²) in [4.78, 5) is 12.3. The van der Waals surface area contributed by atoms with Crippen LogP contribution in [0.2, 0.25) is 0 Å². The Morgan fingerprint density at radius 3 is 3.05 bits per heavy atom. The van der Waals surface area contributed by atoms with Gasteiger partial charge < -0.3 is 15.4 Å².